The molecule has 0 radical (unpaired) electrons. The number of sulfonamides is 1. The van der Waals surface area contributed by atoms with Gasteiger partial charge in [-0.25, -0.2) is 17.9 Å². The summed E-state index contributed by atoms with van der Waals surface area (Å²) < 4.78 is 29.7. The van der Waals surface area contributed by atoms with Crippen LogP contribution in [0, 0.1) is 0 Å². The number of hydrogen-bond donors (Lipinski definition) is 1. The lowest BCUT2D eigenvalue weighted by atomic mass is 10.0. The lowest BCUT2D eigenvalue weighted by Gasteiger charge is -2.30. The first-order chi connectivity index (χ1) is 18.4. The summed E-state index contributed by atoms with van der Waals surface area (Å²) in [5, 5.41) is 4.82. The standard InChI is InChI=1S/C28H22ClN5O3S/c29-23-8-12-25(13-9-23)38(36,37)32-24-10-6-20(7-11-24)27-26-16-22(17-34(26)31-18-30-27)19-2-4-21(5-3-19)28(35)33-14-1-15-33/h2-13,16-18,32H,1,14-15H2. The summed E-state index contributed by atoms with van der Waals surface area (Å²) in [5.74, 6) is 0.0666. The first-order valence-electron chi connectivity index (χ1n) is 12.0. The molecule has 8 nitrogen and oxygen atoms in total. The van der Waals surface area contributed by atoms with E-state index >= 15 is 0 Å². The zero-order chi connectivity index (χ0) is 26.3. The lowest BCUT2D eigenvalue weighted by molar-refractivity contribution is 0.0652. The zero-order valence-corrected chi connectivity index (χ0v) is 21.7. The van der Waals surface area contributed by atoms with Crippen molar-refractivity contribution in [1.29, 1.82) is 0 Å². The fourth-order valence-electron chi connectivity index (χ4n) is 4.34. The van der Waals surface area contributed by atoms with E-state index in [1.54, 1.807) is 16.6 Å². The summed E-state index contributed by atoms with van der Waals surface area (Å²) in [4.78, 5) is 18.9. The number of hydrogen-bond acceptors (Lipinski definition) is 5. The monoisotopic (exact) mass is 543 g/mol. The molecular weight excluding hydrogens is 522 g/mol. The molecule has 0 aliphatic carbocycles. The zero-order valence-electron chi connectivity index (χ0n) is 20.1. The van der Waals surface area contributed by atoms with Crippen LogP contribution in [-0.4, -0.2) is 46.9 Å². The number of aromatic nitrogens is 3. The molecule has 1 amide bonds. The molecule has 1 fully saturated rings. The highest BCUT2D eigenvalue weighted by atomic mass is 35.5. The van der Waals surface area contributed by atoms with Crippen molar-refractivity contribution in [3.63, 3.8) is 0 Å². The van der Waals surface area contributed by atoms with Crippen LogP contribution < -0.4 is 4.72 Å². The minimum atomic E-state index is -3.74. The van der Waals surface area contributed by atoms with Gasteiger partial charge in [0.2, 0.25) is 0 Å². The van der Waals surface area contributed by atoms with E-state index in [0.717, 1.165) is 41.7 Å². The van der Waals surface area contributed by atoms with Crippen LogP contribution in [0.4, 0.5) is 5.69 Å². The van der Waals surface area contributed by atoms with Gasteiger partial charge in [0, 0.05) is 46.7 Å². The second-order valence-corrected chi connectivity index (χ2v) is 11.1. The smallest absolute Gasteiger partial charge is 0.261 e. The van der Waals surface area contributed by atoms with Gasteiger partial charge in [-0.1, -0.05) is 35.9 Å². The van der Waals surface area contributed by atoms with Crippen LogP contribution in [0.1, 0.15) is 16.8 Å². The van der Waals surface area contributed by atoms with Gasteiger partial charge in [0.05, 0.1) is 16.1 Å². The number of anilines is 1. The maximum absolute atomic E-state index is 12.7. The summed E-state index contributed by atoms with van der Waals surface area (Å²) in [6.07, 6.45) is 4.46. The second-order valence-electron chi connectivity index (χ2n) is 9.03. The van der Waals surface area contributed by atoms with E-state index in [1.165, 1.54) is 30.6 Å². The Bertz CT molecular complexity index is 1750. The number of likely N-dealkylation sites (tertiary alicyclic amines) is 1. The fourth-order valence-corrected chi connectivity index (χ4v) is 5.53. The SMILES string of the molecule is O=C(c1ccc(-c2cc3c(-c4ccc(NS(=O)(=O)c5ccc(Cl)cc5)cc4)ncnn3c2)cc1)N1CCC1. The van der Waals surface area contributed by atoms with Crippen LogP contribution in [-0.2, 0) is 10.0 Å². The van der Waals surface area contributed by atoms with Crippen molar-refractivity contribution in [2.45, 2.75) is 11.3 Å². The molecule has 190 valence electrons. The van der Waals surface area contributed by atoms with Gasteiger partial charge in [-0.3, -0.25) is 9.52 Å². The van der Waals surface area contributed by atoms with Gasteiger partial charge in [-0.2, -0.15) is 5.10 Å². The van der Waals surface area contributed by atoms with Gasteiger partial charge in [0.1, 0.15) is 6.33 Å². The molecule has 0 spiro atoms. The third-order valence-electron chi connectivity index (χ3n) is 6.55. The minimum Gasteiger partial charge on any atom is -0.339 e. The molecule has 1 saturated heterocycles. The van der Waals surface area contributed by atoms with Crippen LogP contribution in [0.15, 0.2) is 96.3 Å². The molecule has 2 aromatic heterocycles. The van der Waals surface area contributed by atoms with Crippen LogP contribution in [0.5, 0.6) is 0 Å². The quantitative estimate of drug-likeness (QED) is 0.311. The molecule has 6 rings (SSSR count). The number of benzene rings is 3. The second kappa shape index (κ2) is 9.59. The van der Waals surface area contributed by atoms with Gasteiger partial charge >= 0.3 is 0 Å². The molecule has 1 N–H and O–H groups in total. The molecule has 1 aliphatic heterocycles. The van der Waals surface area contributed by atoms with E-state index in [1.807, 2.05) is 53.6 Å². The van der Waals surface area contributed by atoms with Gasteiger partial charge in [-0.15, -0.1) is 0 Å². The van der Waals surface area contributed by atoms with Crippen LogP contribution in [0.25, 0.3) is 27.9 Å². The summed E-state index contributed by atoms with van der Waals surface area (Å²) >= 11 is 5.87. The van der Waals surface area contributed by atoms with Gasteiger partial charge in [0.15, 0.2) is 0 Å². The maximum Gasteiger partial charge on any atom is 0.261 e. The van der Waals surface area contributed by atoms with E-state index in [0.29, 0.717) is 22.0 Å². The van der Waals surface area contributed by atoms with E-state index < -0.39 is 10.0 Å². The first kappa shape index (κ1) is 24.1. The van der Waals surface area contributed by atoms with E-state index in [-0.39, 0.29) is 10.8 Å². The van der Waals surface area contributed by atoms with E-state index in [9.17, 15) is 13.2 Å². The fraction of sp³-hybridized carbons (Fsp3) is 0.107. The highest BCUT2D eigenvalue weighted by molar-refractivity contribution is 7.92. The Kier molecular flexibility index (Phi) is 6.09. The summed E-state index contributed by atoms with van der Waals surface area (Å²) in [5.41, 5.74) is 5.35. The first-order valence-corrected chi connectivity index (χ1v) is 13.9. The summed E-state index contributed by atoms with van der Waals surface area (Å²) in [6.45, 7) is 1.64. The van der Waals surface area contributed by atoms with Crippen molar-refractivity contribution in [3.8, 4) is 22.4 Å². The molecule has 1 aliphatic rings. The summed E-state index contributed by atoms with van der Waals surface area (Å²) in [7, 11) is -3.74. The molecule has 38 heavy (non-hydrogen) atoms. The van der Waals surface area contributed by atoms with Crippen LogP contribution >= 0.6 is 11.6 Å². The average Bonchev–Trinajstić information content (AvgIpc) is 3.33. The highest BCUT2D eigenvalue weighted by Crippen LogP contribution is 2.29. The lowest BCUT2D eigenvalue weighted by Crippen LogP contribution is -2.41. The third kappa shape index (κ3) is 4.62. The average molecular weight is 544 g/mol. The molecule has 3 aromatic carbocycles. The number of nitrogens with one attached hydrogen (secondary N) is 1. The number of carbonyl (C=O) groups is 1. The van der Waals surface area contributed by atoms with Gasteiger partial charge in [-0.05, 0) is 66.6 Å². The largest absolute Gasteiger partial charge is 0.339 e. The number of amides is 1. The molecule has 5 aromatic rings. The topological polar surface area (TPSA) is 96.7 Å². The number of halogens is 1. The van der Waals surface area contributed by atoms with Crippen molar-refractivity contribution in [1.82, 2.24) is 19.5 Å². The summed E-state index contributed by atoms with van der Waals surface area (Å²) in [6, 6.07) is 22.6. The van der Waals surface area contributed by atoms with Crippen molar-refractivity contribution in [3.05, 3.63) is 102 Å². The van der Waals surface area contributed by atoms with E-state index in [4.69, 9.17) is 11.6 Å². The molecular formula is C28H22ClN5O3S. The number of nitrogens with zero attached hydrogens (tertiary/aromatic N) is 4. The third-order valence-corrected chi connectivity index (χ3v) is 8.20. The molecule has 0 unspecified atom stereocenters. The minimum absolute atomic E-state index is 0.0666. The predicted octanol–water partition coefficient (Wildman–Crippen LogP) is 5.36. The predicted molar refractivity (Wildman–Crippen MR) is 147 cm³/mol. The Morgan fingerprint density at radius 1 is 0.868 bits per heavy atom. The van der Waals surface area contributed by atoms with E-state index in [2.05, 4.69) is 14.8 Å². The molecule has 10 heteroatoms. The molecule has 0 atom stereocenters. The molecule has 3 heterocycles. The van der Waals surface area contributed by atoms with Crippen molar-refractivity contribution in [2.75, 3.05) is 17.8 Å². The van der Waals surface area contributed by atoms with Crippen LogP contribution in [0.2, 0.25) is 5.02 Å². The van der Waals surface area contributed by atoms with Crippen molar-refractivity contribution >= 4 is 38.7 Å². The normalized spacial score (nSPS) is 13.3. The Hall–Kier alpha value is -4.21. The highest BCUT2D eigenvalue weighted by Gasteiger charge is 2.21. The maximum atomic E-state index is 12.7. The van der Waals surface area contributed by atoms with Crippen molar-refractivity contribution < 1.29 is 13.2 Å². The number of fused-ring (bicyclic) bond motifs is 1. The molecule has 0 bridgehead atoms. The number of carbonyl (C=O) groups excluding carboxylic acids is 1. The Balaban J connectivity index is 1.25. The van der Waals surface area contributed by atoms with Crippen molar-refractivity contribution in [2.24, 2.45) is 0 Å². The number of rotatable bonds is 6. The van der Waals surface area contributed by atoms with Gasteiger partial charge in [0.25, 0.3) is 15.9 Å². The Labute approximate surface area is 224 Å². The molecule has 0 saturated carbocycles. The Morgan fingerprint density at radius 2 is 1.55 bits per heavy atom. The Morgan fingerprint density at radius 3 is 2.21 bits per heavy atom. The van der Waals surface area contributed by atoms with Gasteiger partial charge < -0.3 is 4.90 Å². The van der Waals surface area contributed by atoms with Crippen LogP contribution in [0.3, 0.4) is 0 Å².